The number of nitrogens with zero attached hydrogens (tertiary/aromatic N) is 2. The molecule has 1 atom stereocenters. The quantitative estimate of drug-likeness (QED) is 0.795. The van der Waals surface area contributed by atoms with Gasteiger partial charge in [-0.05, 0) is 29.7 Å². The topological polar surface area (TPSA) is 79.2 Å². The fourth-order valence-corrected chi connectivity index (χ4v) is 3.35. The van der Waals surface area contributed by atoms with Crippen molar-refractivity contribution in [3.05, 3.63) is 60.2 Å². The molecule has 1 heterocycles. The van der Waals surface area contributed by atoms with Crippen LogP contribution in [-0.4, -0.2) is 47.3 Å². The molecule has 27 heavy (non-hydrogen) atoms. The summed E-state index contributed by atoms with van der Waals surface area (Å²) in [5, 5.41) is 12.9. The molecule has 1 saturated heterocycles. The highest BCUT2D eigenvalue weighted by Gasteiger charge is 2.33. The predicted molar refractivity (Wildman–Crippen MR) is 103 cm³/mol. The van der Waals surface area contributed by atoms with Crippen molar-refractivity contribution in [3.8, 4) is 11.1 Å². The lowest BCUT2D eigenvalue weighted by atomic mass is 10.0. The maximum atomic E-state index is 13.0. The van der Waals surface area contributed by atoms with Crippen LogP contribution in [0.25, 0.3) is 11.1 Å². The Bertz CT molecular complexity index is 831. The van der Waals surface area contributed by atoms with Crippen LogP contribution in [0.15, 0.2) is 59.8 Å². The van der Waals surface area contributed by atoms with E-state index >= 15 is 0 Å². The summed E-state index contributed by atoms with van der Waals surface area (Å²) >= 11 is 0. The van der Waals surface area contributed by atoms with Gasteiger partial charge in [0.15, 0.2) is 0 Å². The molecule has 2 aromatic rings. The molecule has 0 radical (unpaired) electrons. The molecule has 1 N–H and O–H groups in total. The number of hydrogen-bond acceptors (Lipinski definition) is 4. The molecule has 1 aliphatic rings. The van der Waals surface area contributed by atoms with E-state index in [0.717, 1.165) is 16.8 Å². The number of benzene rings is 2. The Labute approximate surface area is 158 Å². The number of oxime groups is 1. The first-order chi connectivity index (χ1) is 13.1. The lowest BCUT2D eigenvalue weighted by Gasteiger charge is -2.23. The first-order valence-electron chi connectivity index (χ1n) is 8.85. The molecule has 140 valence electrons. The SMILES string of the molecule is CO/N=C1/CC(CCC(=O)O)N(C(=O)c2ccc(-c3ccccc3)cc2)C1. The van der Waals surface area contributed by atoms with Crippen molar-refractivity contribution in [2.24, 2.45) is 5.16 Å². The summed E-state index contributed by atoms with van der Waals surface area (Å²) in [7, 11) is 1.46. The van der Waals surface area contributed by atoms with Gasteiger partial charge in [-0.3, -0.25) is 9.59 Å². The number of amides is 1. The minimum absolute atomic E-state index is 0.0155. The molecule has 2 aromatic carbocycles. The predicted octanol–water partition coefficient (Wildman–Crippen LogP) is 3.44. The van der Waals surface area contributed by atoms with E-state index in [1.807, 2.05) is 54.6 Å². The van der Waals surface area contributed by atoms with Crippen LogP contribution in [0.1, 0.15) is 29.6 Å². The van der Waals surface area contributed by atoms with Crippen LogP contribution in [0.2, 0.25) is 0 Å². The smallest absolute Gasteiger partial charge is 0.303 e. The van der Waals surface area contributed by atoms with Crippen molar-refractivity contribution in [2.45, 2.75) is 25.3 Å². The molecule has 1 unspecified atom stereocenters. The van der Waals surface area contributed by atoms with Crippen LogP contribution in [0.4, 0.5) is 0 Å². The zero-order chi connectivity index (χ0) is 19.2. The second-order valence-corrected chi connectivity index (χ2v) is 6.51. The summed E-state index contributed by atoms with van der Waals surface area (Å²) in [6.45, 7) is 0.359. The maximum absolute atomic E-state index is 13.0. The van der Waals surface area contributed by atoms with Gasteiger partial charge in [-0.1, -0.05) is 47.6 Å². The van der Waals surface area contributed by atoms with Crippen LogP contribution in [-0.2, 0) is 9.63 Å². The lowest BCUT2D eigenvalue weighted by molar-refractivity contribution is -0.137. The van der Waals surface area contributed by atoms with Crippen LogP contribution in [0.3, 0.4) is 0 Å². The number of likely N-dealkylation sites (tertiary alicyclic amines) is 1. The summed E-state index contributed by atoms with van der Waals surface area (Å²) in [5.74, 6) is -0.988. The molecule has 6 nitrogen and oxygen atoms in total. The van der Waals surface area contributed by atoms with Gasteiger partial charge in [0.1, 0.15) is 7.11 Å². The van der Waals surface area contributed by atoms with E-state index < -0.39 is 5.97 Å². The van der Waals surface area contributed by atoms with Crippen molar-refractivity contribution in [2.75, 3.05) is 13.7 Å². The van der Waals surface area contributed by atoms with Crippen LogP contribution in [0.5, 0.6) is 0 Å². The molecule has 0 bridgehead atoms. The second-order valence-electron chi connectivity index (χ2n) is 6.51. The van der Waals surface area contributed by atoms with E-state index in [1.165, 1.54) is 7.11 Å². The first kappa shape index (κ1) is 18.6. The number of aliphatic carboxylic acids is 1. The summed E-state index contributed by atoms with van der Waals surface area (Å²) in [5.41, 5.74) is 3.46. The third kappa shape index (κ3) is 4.53. The van der Waals surface area contributed by atoms with E-state index in [0.29, 0.717) is 24.9 Å². The van der Waals surface area contributed by atoms with Crippen molar-refractivity contribution in [1.82, 2.24) is 4.90 Å². The number of carbonyl (C=O) groups excluding carboxylic acids is 1. The molecular weight excluding hydrogens is 344 g/mol. The molecule has 0 spiro atoms. The first-order valence-corrected chi connectivity index (χ1v) is 8.85. The standard InChI is InChI=1S/C21H22N2O4/c1-27-22-18-13-19(11-12-20(24)25)23(14-18)21(26)17-9-7-16(8-10-17)15-5-3-2-4-6-15/h2-10,19H,11-14H2,1H3,(H,24,25)/b22-18-. The van der Waals surface area contributed by atoms with Crippen molar-refractivity contribution in [3.63, 3.8) is 0 Å². The third-order valence-corrected chi connectivity index (χ3v) is 4.68. The Kier molecular flexibility index (Phi) is 5.86. The number of carboxylic acid groups (broad SMARTS) is 1. The average molecular weight is 366 g/mol. The van der Waals surface area contributed by atoms with Gasteiger partial charge >= 0.3 is 5.97 Å². The third-order valence-electron chi connectivity index (χ3n) is 4.68. The minimum atomic E-state index is -0.869. The Morgan fingerprint density at radius 3 is 2.41 bits per heavy atom. The molecule has 0 aliphatic carbocycles. The lowest BCUT2D eigenvalue weighted by Crippen LogP contribution is -2.36. The monoisotopic (exact) mass is 366 g/mol. The normalized spacial score (nSPS) is 17.9. The number of carbonyl (C=O) groups is 2. The van der Waals surface area contributed by atoms with Gasteiger partial charge in [-0.15, -0.1) is 0 Å². The number of carboxylic acids is 1. The summed E-state index contributed by atoms with van der Waals surface area (Å²) in [4.78, 5) is 30.4. The molecule has 1 aliphatic heterocycles. The van der Waals surface area contributed by atoms with Gasteiger partial charge < -0.3 is 14.8 Å². The molecule has 1 amide bonds. The van der Waals surface area contributed by atoms with Crippen LogP contribution < -0.4 is 0 Å². The molecule has 1 fully saturated rings. The fraction of sp³-hybridized carbons (Fsp3) is 0.286. The van der Waals surface area contributed by atoms with E-state index in [4.69, 9.17) is 9.94 Å². The maximum Gasteiger partial charge on any atom is 0.303 e. The van der Waals surface area contributed by atoms with E-state index in [2.05, 4.69) is 5.16 Å². The summed E-state index contributed by atoms with van der Waals surface area (Å²) < 4.78 is 0. The van der Waals surface area contributed by atoms with Crippen molar-refractivity contribution < 1.29 is 19.5 Å². The van der Waals surface area contributed by atoms with Gasteiger partial charge in [-0.2, -0.15) is 0 Å². The Hall–Kier alpha value is -3.15. The minimum Gasteiger partial charge on any atom is -0.481 e. The molecular formula is C21H22N2O4. The largest absolute Gasteiger partial charge is 0.481 e. The Balaban J connectivity index is 1.77. The van der Waals surface area contributed by atoms with E-state index in [9.17, 15) is 9.59 Å². The fourth-order valence-electron chi connectivity index (χ4n) is 3.35. The van der Waals surface area contributed by atoms with Crippen molar-refractivity contribution >= 4 is 17.6 Å². The van der Waals surface area contributed by atoms with E-state index in [-0.39, 0.29) is 18.4 Å². The van der Waals surface area contributed by atoms with Gasteiger partial charge in [0.25, 0.3) is 5.91 Å². The highest BCUT2D eigenvalue weighted by atomic mass is 16.6. The Morgan fingerprint density at radius 2 is 1.78 bits per heavy atom. The number of rotatable bonds is 6. The van der Waals surface area contributed by atoms with Gasteiger partial charge in [0, 0.05) is 24.4 Å². The highest BCUT2D eigenvalue weighted by Crippen LogP contribution is 2.24. The van der Waals surface area contributed by atoms with Crippen LogP contribution in [0, 0.1) is 0 Å². The number of hydrogen-bond donors (Lipinski definition) is 1. The van der Waals surface area contributed by atoms with Gasteiger partial charge in [-0.25, -0.2) is 0 Å². The second kappa shape index (κ2) is 8.49. The molecule has 6 heteroatoms. The zero-order valence-corrected chi connectivity index (χ0v) is 15.2. The van der Waals surface area contributed by atoms with Gasteiger partial charge in [0.05, 0.1) is 12.3 Å². The molecule has 0 saturated carbocycles. The van der Waals surface area contributed by atoms with E-state index in [1.54, 1.807) is 4.90 Å². The zero-order valence-electron chi connectivity index (χ0n) is 15.2. The Morgan fingerprint density at radius 1 is 1.11 bits per heavy atom. The molecule has 3 rings (SSSR count). The molecule has 0 aromatic heterocycles. The summed E-state index contributed by atoms with van der Waals surface area (Å²) in [6, 6.07) is 17.2. The van der Waals surface area contributed by atoms with Crippen LogP contribution >= 0.6 is 0 Å². The van der Waals surface area contributed by atoms with Gasteiger partial charge in [0.2, 0.25) is 0 Å². The van der Waals surface area contributed by atoms with Crippen molar-refractivity contribution in [1.29, 1.82) is 0 Å². The highest BCUT2D eigenvalue weighted by molar-refractivity contribution is 6.00. The summed E-state index contributed by atoms with van der Waals surface area (Å²) in [6.07, 6.45) is 0.947. The average Bonchev–Trinajstić information content (AvgIpc) is 3.10.